The SMILES string of the molecule is CCCC1CCN(C(=O)c2n[nH]c(C)c2S(=O)(=O)Cl)C1. The van der Waals surface area contributed by atoms with Gasteiger partial charge >= 0.3 is 0 Å². The zero-order chi connectivity index (χ0) is 14.9. The molecule has 1 aliphatic heterocycles. The number of likely N-dealkylation sites (tertiary alicyclic amines) is 1. The second kappa shape index (κ2) is 5.73. The van der Waals surface area contributed by atoms with E-state index in [0.717, 1.165) is 19.3 Å². The number of hydrogen-bond acceptors (Lipinski definition) is 4. The van der Waals surface area contributed by atoms with E-state index in [1.807, 2.05) is 0 Å². The van der Waals surface area contributed by atoms with Crippen LogP contribution in [0.3, 0.4) is 0 Å². The van der Waals surface area contributed by atoms with E-state index >= 15 is 0 Å². The number of aromatic nitrogens is 2. The number of rotatable bonds is 4. The van der Waals surface area contributed by atoms with Gasteiger partial charge in [0.25, 0.3) is 15.0 Å². The second-order valence-electron chi connectivity index (χ2n) is 5.16. The van der Waals surface area contributed by atoms with Crippen LogP contribution in [0.2, 0.25) is 0 Å². The first-order chi connectivity index (χ1) is 9.34. The van der Waals surface area contributed by atoms with Gasteiger partial charge in [-0.1, -0.05) is 13.3 Å². The first-order valence-electron chi connectivity index (χ1n) is 6.63. The molecule has 0 aromatic carbocycles. The van der Waals surface area contributed by atoms with Gasteiger partial charge in [0.15, 0.2) is 5.69 Å². The lowest BCUT2D eigenvalue weighted by Crippen LogP contribution is -2.30. The van der Waals surface area contributed by atoms with E-state index in [1.165, 1.54) is 6.92 Å². The molecule has 6 nitrogen and oxygen atoms in total. The molecular weight excluding hydrogens is 302 g/mol. The molecule has 0 saturated carbocycles. The van der Waals surface area contributed by atoms with Gasteiger partial charge in [-0.3, -0.25) is 9.89 Å². The lowest BCUT2D eigenvalue weighted by molar-refractivity contribution is 0.0777. The minimum atomic E-state index is -3.99. The summed E-state index contributed by atoms with van der Waals surface area (Å²) >= 11 is 0. The lowest BCUT2D eigenvalue weighted by atomic mass is 10.0. The van der Waals surface area contributed by atoms with Crippen LogP contribution in [0.5, 0.6) is 0 Å². The fourth-order valence-corrected chi connectivity index (χ4v) is 4.01. The summed E-state index contributed by atoms with van der Waals surface area (Å²) in [5.41, 5.74) is 0.183. The number of aromatic amines is 1. The Labute approximate surface area is 122 Å². The van der Waals surface area contributed by atoms with Crippen molar-refractivity contribution in [3.63, 3.8) is 0 Å². The molecule has 1 aromatic rings. The van der Waals surface area contributed by atoms with E-state index in [1.54, 1.807) is 4.90 Å². The van der Waals surface area contributed by atoms with E-state index in [9.17, 15) is 13.2 Å². The van der Waals surface area contributed by atoms with Gasteiger partial charge in [0, 0.05) is 23.8 Å². The largest absolute Gasteiger partial charge is 0.337 e. The highest BCUT2D eigenvalue weighted by Gasteiger charge is 2.33. The number of amides is 1. The summed E-state index contributed by atoms with van der Waals surface area (Å²) < 4.78 is 23.1. The number of nitrogens with zero attached hydrogens (tertiary/aromatic N) is 2. The van der Waals surface area contributed by atoms with Crippen molar-refractivity contribution in [2.75, 3.05) is 13.1 Å². The van der Waals surface area contributed by atoms with Crippen LogP contribution in [-0.2, 0) is 9.05 Å². The van der Waals surface area contributed by atoms with Crippen molar-refractivity contribution >= 4 is 25.6 Å². The Bertz CT molecular complexity index is 611. The molecule has 0 spiro atoms. The number of H-pyrrole nitrogens is 1. The zero-order valence-electron chi connectivity index (χ0n) is 11.5. The monoisotopic (exact) mass is 319 g/mol. The molecule has 0 radical (unpaired) electrons. The van der Waals surface area contributed by atoms with Crippen molar-refractivity contribution < 1.29 is 13.2 Å². The van der Waals surface area contributed by atoms with Crippen LogP contribution in [0.15, 0.2) is 4.90 Å². The van der Waals surface area contributed by atoms with Gasteiger partial charge in [-0.2, -0.15) is 5.10 Å². The highest BCUT2D eigenvalue weighted by molar-refractivity contribution is 8.13. The van der Waals surface area contributed by atoms with E-state index in [0.29, 0.717) is 19.0 Å². The number of carbonyl (C=O) groups excluding carboxylic acids is 1. The Balaban J connectivity index is 2.23. The summed E-state index contributed by atoms with van der Waals surface area (Å²) in [6.45, 7) is 4.93. The highest BCUT2D eigenvalue weighted by Crippen LogP contribution is 2.26. The fourth-order valence-electron chi connectivity index (χ4n) is 2.67. The lowest BCUT2D eigenvalue weighted by Gasteiger charge is -2.15. The second-order valence-corrected chi connectivity index (χ2v) is 7.66. The average Bonchev–Trinajstić information content (AvgIpc) is 2.94. The third-order valence-corrected chi connectivity index (χ3v) is 5.06. The molecule has 1 atom stereocenters. The van der Waals surface area contributed by atoms with Crippen molar-refractivity contribution in [2.45, 2.75) is 38.0 Å². The Morgan fingerprint density at radius 2 is 2.25 bits per heavy atom. The zero-order valence-corrected chi connectivity index (χ0v) is 13.1. The quantitative estimate of drug-likeness (QED) is 0.859. The maximum atomic E-state index is 12.4. The number of carbonyl (C=O) groups is 1. The molecule has 2 rings (SSSR count). The number of hydrogen-bond donors (Lipinski definition) is 1. The normalized spacial score (nSPS) is 19.6. The van der Waals surface area contributed by atoms with E-state index in [-0.39, 0.29) is 22.2 Å². The van der Waals surface area contributed by atoms with Gasteiger partial charge in [0.2, 0.25) is 0 Å². The van der Waals surface area contributed by atoms with Gasteiger partial charge in [0.1, 0.15) is 4.90 Å². The minimum Gasteiger partial charge on any atom is -0.337 e. The molecule has 112 valence electrons. The van der Waals surface area contributed by atoms with Crippen LogP contribution >= 0.6 is 10.7 Å². The summed E-state index contributed by atoms with van der Waals surface area (Å²) in [7, 11) is 1.39. The summed E-state index contributed by atoms with van der Waals surface area (Å²) in [6, 6.07) is 0. The molecule has 1 saturated heterocycles. The van der Waals surface area contributed by atoms with Gasteiger partial charge in [-0.25, -0.2) is 8.42 Å². The van der Waals surface area contributed by atoms with Gasteiger partial charge in [0.05, 0.1) is 5.69 Å². The molecule has 0 bridgehead atoms. The summed E-state index contributed by atoms with van der Waals surface area (Å²) in [5, 5.41) is 6.34. The summed E-state index contributed by atoms with van der Waals surface area (Å²) in [4.78, 5) is 13.8. The molecule has 1 N–H and O–H groups in total. The molecule has 1 aromatic heterocycles. The van der Waals surface area contributed by atoms with E-state index in [4.69, 9.17) is 10.7 Å². The van der Waals surface area contributed by atoms with Crippen molar-refractivity contribution in [2.24, 2.45) is 5.92 Å². The van der Waals surface area contributed by atoms with Crippen molar-refractivity contribution in [3.8, 4) is 0 Å². The minimum absolute atomic E-state index is 0.102. The smallest absolute Gasteiger partial charge is 0.275 e. The standard InChI is InChI=1S/C12H18ClN3O3S/c1-3-4-9-5-6-16(7-9)12(17)10-11(20(13,18)19)8(2)14-15-10/h9H,3-7H2,1-2H3,(H,14,15). The molecule has 8 heteroatoms. The van der Waals surface area contributed by atoms with Crippen LogP contribution in [0.1, 0.15) is 42.4 Å². The fraction of sp³-hybridized carbons (Fsp3) is 0.667. The van der Waals surface area contributed by atoms with Crippen molar-refractivity contribution in [1.29, 1.82) is 0 Å². The number of aryl methyl sites for hydroxylation is 1. The Hall–Kier alpha value is -1.08. The predicted octanol–water partition coefficient (Wildman–Crippen LogP) is 1.91. The highest BCUT2D eigenvalue weighted by atomic mass is 35.7. The number of halogens is 1. The van der Waals surface area contributed by atoms with E-state index < -0.39 is 9.05 Å². The summed E-state index contributed by atoms with van der Waals surface area (Å²) in [6.07, 6.45) is 3.10. The van der Waals surface area contributed by atoms with Crippen LogP contribution in [0.4, 0.5) is 0 Å². The molecule has 2 heterocycles. The average molecular weight is 320 g/mol. The maximum Gasteiger partial charge on any atom is 0.275 e. The topological polar surface area (TPSA) is 83.1 Å². The molecule has 1 amide bonds. The molecule has 1 aliphatic rings. The first kappa shape index (κ1) is 15.3. The first-order valence-corrected chi connectivity index (χ1v) is 8.94. The van der Waals surface area contributed by atoms with Gasteiger partial charge < -0.3 is 4.90 Å². The Morgan fingerprint density at radius 1 is 1.55 bits per heavy atom. The van der Waals surface area contributed by atoms with Gasteiger partial charge in [-0.05, 0) is 25.7 Å². The van der Waals surface area contributed by atoms with Crippen LogP contribution in [0.25, 0.3) is 0 Å². The van der Waals surface area contributed by atoms with Crippen molar-refractivity contribution in [3.05, 3.63) is 11.4 Å². The molecule has 20 heavy (non-hydrogen) atoms. The third-order valence-electron chi connectivity index (χ3n) is 3.61. The van der Waals surface area contributed by atoms with Crippen LogP contribution in [0, 0.1) is 12.8 Å². The Morgan fingerprint density at radius 3 is 2.85 bits per heavy atom. The molecule has 1 unspecified atom stereocenters. The van der Waals surface area contributed by atoms with Crippen LogP contribution in [-0.4, -0.2) is 42.5 Å². The molecule has 0 aliphatic carbocycles. The third kappa shape index (κ3) is 2.98. The molecule has 1 fully saturated rings. The molecular formula is C12H18ClN3O3S. The van der Waals surface area contributed by atoms with Crippen molar-refractivity contribution in [1.82, 2.24) is 15.1 Å². The number of nitrogens with one attached hydrogen (secondary N) is 1. The van der Waals surface area contributed by atoms with Gasteiger partial charge in [-0.15, -0.1) is 0 Å². The Kier molecular flexibility index (Phi) is 4.39. The predicted molar refractivity (Wildman–Crippen MR) is 75.3 cm³/mol. The summed E-state index contributed by atoms with van der Waals surface area (Å²) in [5.74, 6) is 0.118. The van der Waals surface area contributed by atoms with E-state index in [2.05, 4.69) is 17.1 Å². The maximum absolute atomic E-state index is 12.4. The van der Waals surface area contributed by atoms with Crippen LogP contribution < -0.4 is 0 Å².